The van der Waals surface area contributed by atoms with E-state index in [4.69, 9.17) is 9.47 Å². The molecule has 0 aliphatic carbocycles. The van der Waals surface area contributed by atoms with Crippen LogP contribution in [0.3, 0.4) is 0 Å². The van der Waals surface area contributed by atoms with Crippen molar-refractivity contribution in [2.45, 2.75) is 6.92 Å². The van der Waals surface area contributed by atoms with Gasteiger partial charge in [-0.3, -0.25) is 4.79 Å². The van der Waals surface area contributed by atoms with E-state index in [2.05, 4.69) is 5.10 Å². The molecule has 1 aromatic carbocycles. The van der Waals surface area contributed by atoms with Gasteiger partial charge in [-0.25, -0.2) is 4.68 Å². The van der Waals surface area contributed by atoms with Crippen LogP contribution in [0.1, 0.15) is 21.6 Å². The summed E-state index contributed by atoms with van der Waals surface area (Å²) in [6.07, 6.45) is 0. The van der Waals surface area contributed by atoms with Gasteiger partial charge in [0.25, 0.3) is 0 Å². The van der Waals surface area contributed by atoms with Gasteiger partial charge in [0, 0.05) is 12.6 Å². The number of nitrogens with zero attached hydrogens (tertiary/aromatic N) is 2. The molecule has 0 radical (unpaired) electrons. The SMILES string of the molecule is COc1ccc(C(=O)c2c(C)nn(C)c2O)cc1OC.Cl. The standard InChI is InChI=1S/C14H16N2O4.ClH/c1-8-12(14(18)16(2)15-8)13(17)9-5-6-10(19-3)11(7-9)20-4;/h5-7,18H,1-4H3;1H. The van der Waals surface area contributed by atoms with E-state index >= 15 is 0 Å². The maximum absolute atomic E-state index is 12.5. The van der Waals surface area contributed by atoms with E-state index in [1.165, 1.54) is 18.9 Å². The van der Waals surface area contributed by atoms with Crippen molar-refractivity contribution in [1.82, 2.24) is 9.78 Å². The number of halogens is 1. The average Bonchev–Trinajstić information content (AvgIpc) is 2.70. The Hall–Kier alpha value is -2.21. The Bertz CT molecular complexity index is 667. The summed E-state index contributed by atoms with van der Waals surface area (Å²) in [7, 11) is 4.60. The number of aryl methyl sites for hydroxylation is 2. The maximum Gasteiger partial charge on any atom is 0.220 e. The van der Waals surface area contributed by atoms with Gasteiger partial charge in [0.15, 0.2) is 17.3 Å². The highest BCUT2D eigenvalue weighted by Gasteiger charge is 2.22. The molecule has 0 amide bonds. The van der Waals surface area contributed by atoms with Crippen LogP contribution >= 0.6 is 12.4 Å². The summed E-state index contributed by atoms with van der Waals surface area (Å²) >= 11 is 0. The van der Waals surface area contributed by atoms with Crippen LogP contribution < -0.4 is 9.47 Å². The fourth-order valence-corrected chi connectivity index (χ4v) is 2.03. The molecule has 1 heterocycles. The Labute approximate surface area is 128 Å². The summed E-state index contributed by atoms with van der Waals surface area (Å²) in [4.78, 5) is 12.5. The monoisotopic (exact) mass is 312 g/mol. The Kier molecular flexibility index (Phi) is 5.21. The summed E-state index contributed by atoms with van der Waals surface area (Å²) in [5.74, 6) is 0.534. The first-order valence-corrected chi connectivity index (χ1v) is 5.98. The first kappa shape index (κ1) is 16.8. The van der Waals surface area contributed by atoms with Gasteiger partial charge in [-0.05, 0) is 25.1 Å². The largest absolute Gasteiger partial charge is 0.493 e. The molecule has 0 unspecified atom stereocenters. The Morgan fingerprint density at radius 1 is 1.24 bits per heavy atom. The van der Waals surface area contributed by atoms with Crippen LogP contribution in [0.5, 0.6) is 17.4 Å². The molecule has 2 aromatic rings. The zero-order chi connectivity index (χ0) is 14.9. The Balaban J connectivity index is 0.00000220. The molecule has 0 fully saturated rings. The number of methoxy groups -OCH3 is 2. The lowest BCUT2D eigenvalue weighted by Gasteiger charge is -2.09. The number of ether oxygens (including phenoxy) is 2. The lowest BCUT2D eigenvalue weighted by atomic mass is 10.0. The molecular formula is C14H17ClN2O4. The number of benzene rings is 1. The summed E-state index contributed by atoms with van der Waals surface area (Å²) in [5.41, 5.74) is 1.07. The van der Waals surface area contributed by atoms with Crippen molar-refractivity contribution in [2.75, 3.05) is 14.2 Å². The van der Waals surface area contributed by atoms with Gasteiger partial charge in [-0.1, -0.05) is 0 Å². The van der Waals surface area contributed by atoms with Crippen molar-refractivity contribution in [1.29, 1.82) is 0 Å². The van der Waals surface area contributed by atoms with Crippen molar-refractivity contribution in [3.8, 4) is 17.4 Å². The molecular weight excluding hydrogens is 296 g/mol. The summed E-state index contributed by atoms with van der Waals surface area (Å²) in [5, 5.41) is 13.9. The van der Waals surface area contributed by atoms with Crippen LogP contribution in [0.4, 0.5) is 0 Å². The smallest absolute Gasteiger partial charge is 0.220 e. The van der Waals surface area contributed by atoms with Gasteiger partial charge in [-0.15, -0.1) is 12.4 Å². The molecule has 2 rings (SSSR count). The summed E-state index contributed by atoms with van der Waals surface area (Å²) in [6.45, 7) is 1.67. The molecule has 1 aromatic heterocycles. The van der Waals surface area contributed by atoms with E-state index in [1.807, 2.05) is 0 Å². The highest BCUT2D eigenvalue weighted by atomic mass is 35.5. The normalized spacial score (nSPS) is 9.90. The number of aromatic hydroxyl groups is 1. The molecule has 0 aliphatic heterocycles. The van der Waals surface area contributed by atoms with Crippen molar-refractivity contribution in [3.63, 3.8) is 0 Å². The Morgan fingerprint density at radius 2 is 1.86 bits per heavy atom. The average molecular weight is 313 g/mol. The number of hydrogen-bond acceptors (Lipinski definition) is 5. The molecule has 21 heavy (non-hydrogen) atoms. The van der Waals surface area contributed by atoms with Gasteiger partial charge in [0.2, 0.25) is 5.88 Å². The fourth-order valence-electron chi connectivity index (χ4n) is 2.03. The van der Waals surface area contributed by atoms with Crippen molar-refractivity contribution in [3.05, 3.63) is 35.0 Å². The number of carbonyl (C=O) groups excluding carboxylic acids is 1. The molecule has 114 valence electrons. The maximum atomic E-state index is 12.5. The highest BCUT2D eigenvalue weighted by Crippen LogP contribution is 2.30. The van der Waals surface area contributed by atoms with Crippen molar-refractivity contribution < 1.29 is 19.4 Å². The minimum absolute atomic E-state index is 0. The van der Waals surface area contributed by atoms with E-state index < -0.39 is 0 Å². The zero-order valence-electron chi connectivity index (χ0n) is 12.2. The van der Waals surface area contributed by atoms with E-state index in [0.717, 1.165) is 0 Å². The molecule has 0 bridgehead atoms. The minimum Gasteiger partial charge on any atom is -0.493 e. The molecule has 6 nitrogen and oxygen atoms in total. The van der Waals surface area contributed by atoms with Crippen LogP contribution in [0.15, 0.2) is 18.2 Å². The molecule has 0 spiro atoms. The molecule has 0 saturated carbocycles. The number of aromatic nitrogens is 2. The zero-order valence-corrected chi connectivity index (χ0v) is 13.0. The first-order chi connectivity index (χ1) is 9.49. The second kappa shape index (κ2) is 6.49. The molecule has 0 aliphatic rings. The lowest BCUT2D eigenvalue weighted by molar-refractivity contribution is 0.103. The quantitative estimate of drug-likeness (QED) is 0.875. The first-order valence-electron chi connectivity index (χ1n) is 5.98. The lowest BCUT2D eigenvalue weighted by Crippen LogP contribution is -2.03. The van der Waals surface area contributed by atoms with Crippen LogP contribution in [0.2, 0.25) is 0 Å². The van der Waals surface area contributed by atoms with Gasteiger partial charge >= 0.3 is 0 Å². The van der Waals surface area contributed by atoms with Crippen LogP contribution in [-0.2, 0) is 7.05 Å². The van der Waals surface area contributed by atoms with Crippen LogP contribution in [0, 0.1) is 6.92 Å². The van der Waals surface area contributed by atoms with Crippen LogP contribution in [0.25, 0.3) is 0 Å². The van der Waals surface area contributed by atoms with Crippen molar-refractivity contribution in [2.24, 2.45) is 7.05 Å². The predicted molar refractivity (Wildman–Crippen MR) is 79.8 cm³/mol. The van der Waals surface area contributed by atoms with Gasteiger partial charge < -0.3 is 14.6 Å². The Morgan fingerprint density at radius 3 is 2.33 bits per heavy atom. The fraction of sp³-hybridized carbons (Fsp3) is 0.286. The second-order valence-corrected chi connectivity index (χ2v) is 4.31. The third kappa shape index (κ3) is 2.95. The summed E-state index contributed by atoms with van der Waals surface area (Å²) < 4.78 is 11.6. The van der Waals surface area contributed by atoms with Gasteiger partial charge in [0.1, 0.15) is 5.56 Å². The molecule has 0 atom stereocenters. The van der Waals surface area contributed by atoms with Crippen LogP contribution in [-0.4, -0.2) is 34.9 Å². The summed E-state index contributed by atoms with van der Waals surface area (Å²) in [6, 6.07) is 4.84. The second-order valence-electron chi connectivity index (χ2n) is 4.31. The third-order valence-corrected chi connectivity index (χ3v) is 3.06. The van der Waals surface area contributed by atoms with E-state index in [9.17, 15) is 9.90 Å². The molecule has 1 N–H and O–H groups in total. The van der Waals surface area contributed by atoms with Gasteiger partial charge in [0.05, 0.1) is 19.9 Å². The molecule has 0 saturated heterocycles. The van der Waals surface area contributed by atoms with E-state index in [1.54, 1.807) is 32.2 Å². The third-order valence-electron chi connectivity index (χ3n) is 3.06. The molecule has 7 heteroatoms. The highest BCUT2D eigenvalue weighted by molar-refractivity contribution is 6.11. The number of ketones is 1. The number of carbonyl (C=O) groups is 1. The van der Waals surface area contributed by atoms with E-state index in [0.29, 0.717) is 22.8 Å². The van der Waals surface area contributed by atoms with E-state index in [-0.39, 0.29) is 29.6 Å². The topological polar surface area (TPSA) is 73.6 Å². The van der Waals surface area contributed by atoms with Gasteiger partial charge in [-0.2, -0.15) is 5.10 Å². The number of hydrogen-bond donors (Lipinski definition) is 1. The number of rotatable bonds is 4. The minimum atomic E-state index is -0.311. The predicted octanol–water partition coefficient (Wildman–Crippen LogP) is 2.10. The van der Waals surface area contributed by atoms with Crippen molar-refractivity contribution >= 4 is 18.2 Å².